The molecule has 0 amide bonds. The predicted molar refractivity (Wildman–Crippen MR) is 134 cm³/mol. The van der Waals surface area contributed by atoms with Gasteiger partial charge in [-0.25, -0.2) is 0 Å². The Morgan fingerprint density at radius 1 is 0.600 bits per heavy atom. The van der Waals surface area contributed by atoms with Crippen LogP contribution < -0.4 is 4.74 Å². The summed E-state index contributed by atoms with van der Waals surface area (Å²) in [7, 11) is 0. The summed E-state index contributed by atoms with van der Waals surface area (Å²) in [6, 6.07) is 22.3. The van der Waals surface area contributed by atoms with E-state index in [4.69, 9.17) is 4.74 Å². The van der Waals surface area contributed by atoms with Crippen molar-refractivity contribution < 1.29 is 4.74 Å². The summed E-state index contributed by atoms with van der Waals surface area (Å²) in [4.78, 5) is 0. The lowest BCUT2D eigenvalue weighted by Crippen LogP contribution is -1.96. The van der Waals surface area contributed by atoms with Crippen molar-refractivity contribution in [3.05, 3.63) is 66.2 Å². The molecule has 3 rings (SSSR count). The standard InChI is InChI=1S/C28H36O.CH4/c1-3-5-7-8-9-10-11-23-12-14-24(15-13-23)25-16-17-27-22-28(29-20-6-4-2)19-18-26(27)21-25;/h12-19,21-22H,3-11,20H2,1-2H3;1H4. The smallest absolute Gasteiger partial charge is 0.119 e. The molecule has 0 heterocycles. The molecule has 0 radical (unpaired) electrons. The lowest BCUT2D eigenvalue weighted by molar-refractivity contribution is 0.310. The minimum atomic E-state index is 0. The van der Waals surface area contributed by atoms with Crippen molar-refractivity contribution in [3.63, 3.8) is 0 Å². The maximum atomic E-state index is 5.84. The molecule has 0 spiro atoms. The van der Waals surface area contributed by atoms with Crippen molar-refractivity contribution in [1.29, 1.82) is 0 Å². The maximum absolute atomic E-state index is 5.84. The number of benzene rings is 3. The minimum Gasteiger partial charge on any atom is -0.494 e. The molecule has 3 aromatic rings. The van der Waals surface area contributed by atoms with Crippen molar-refractivity contribution in [2.45, 2.75) is 79.1 Å². The monoisotopic (exact) mass is 404 g/mol. The molecule has 0 saturated heterocycles. The quantitative estimate of drug-likeness (QED) is 0.273. The van der Waals surface area contributed by atoms with Crippen LogP contribution in [0.15, 0.2) is 60.7 Å². The average Bonchev–Trinajstić information content (AvgIpc) is 2.76. The van der Waals surface area contributed by atoms with Gasteiger partial charge < -0.3 is 4.74 Å². The van der Waals surface area contributed by atoms with Gasteiger partial charge >= 0.3 is 0 Å². The van der Waals surface area contributed by atoms with Gasteiger partial charge in [0.05, 0.1) is 6.61 Å². The lowest BCUT2D eigenvalue weighted by Gasteiger charge is -2.09. The summed E-state index contributed by atoms with van der Waals surface area (Å²) in [6.45, 7) is 5.26. The van der Waals surface area contributed by atoms with Gasteiger partial charge in [0.2, 0.25) is 0 Å². The molecule has 162 valence electrons. The normalized spacial score (nSPS) is 10.7. The van der Waals surface area contributed by atoms with E-state index in [1.165, 1.54) is 72.4 Å². The van der Waals surface area contributed by atoms with E-state index in [1.54, 1.807) is 0 Å². The van der Waals surface area contributed by atoms with Gasteiger partial charge in [0.15, 0.2) is 0 Å². The first-order valence-corrected chi connectivity index (χ1v) is 11.6. The molecule has 30 heavy (non-hydrogen) atoms. The SMILES string of the molecule is C.CCCCCCCCc1ccc(-c2ccc3cc(OCCCC)ccc3c2)cc1. The second kappa shape index (κ2) is 13.1. The van der Waals surface area contributed by atoms with Crippen LogP contribution in [0.3, 0.4) is 0 Å². The molecule has 0 fully saturated rings. The summed E-state index contributed by atoms with van der Waals surface area (Å²) in [5, 5.41) is 2.50. The van der Waals surface area contributed by atoms with E-state index in [0.717, 1.165) is 25.2 Å². The van der Waals surface area contributed by atoms with E-state index in [9.17, 15) is 0 Å². The van der Waals surface area contributed by atoms with Crippen LogP contribution in [0.5, 0.6) is 5.75 Å². The Morgan fingerprint density at radius 3 is 2.00 bits per heavy atom. The van der Waals surface area contributed by atoms with Crippen LogP contribution in [-0.2, 0) is 6.42 Å². The zero-order valence-electron chi connectivity index (χ0n) is 18.3. The second-order valence-electron chi connectivity index (χ2n) is 8.14. The van der Waals surface area contributed by atoms with E-state index in [1.807, 2.05) is 0 Å². The number of ether oxygens (including phenoxy) is 1. The Labute approximate surface area is 184 Å². The number of unbranched alkanes of at least 4 members (excludes halogenated alkanes) is 6. The Morgan fingerprint density at radius 2 is 1.23 bits per heavy atom. The van der Waals surface area contributed by atoms with Crippen LogP contribution >= 0.6 is 0 Å². The van der Waals surface area contributed by atoms with Crippen LogP contribution in [0.2, 0.25) is 0 Å². The summed E-state index contributed by atoms with van der Waals surface area (Å²) >= 11 is 0. The van der Waals surface area contributed by atoms with E-state index in [2.05, 4.69) is 74.5 Å². The molecule has 1 nitrogen and oxygen atoms in total. The van der Waals surface area contributed by atoms with Gasteiger partial charge in [-0.15, -0.1) is 0 Å². The fourth-order valence-corrected chi connectivity index (χ4v) is 3.80. The Bertz CT molecular complexity index is 863. The Kier molecular flexibility index (Phi) is 10.5. The molecule has 0 aliphatic rings. The van der Waals surface area contributed by atoms with Gasteiger partial charge in [0.1, 0.15) is 5.75 Å². The van der Waals surface area contributed by atoms with Crippen LogP contribution in [0.4, 0.5) is 0 Å². The highest BCUT2D eigenvalue weighted by atomic mass is 16.5. The average molecular weight is 405 g/mol. The first-order chi connectivity index (χ1) is 14.3. The molecular weight excluding hydrogens is 364 g/mol. The molecule has 0 aromatic heterocycles. The number of aryl methyl sites for hydroxylation is 1. The minimum absolute atomic E-state index is 0. The summed E-state index contributed by atoms with van der Waals surface area (Å²) in [6.07, 6.45) is 11.6. The highest BCUT2D eigenvalue weighted by Crippen LogP contribution is 2.27. The molecule has 0 aliphatic carbocycles. The fourth-order valence-electron chi connectivity index (χ4n) is 3.80. The highest BCUT2D eigenvalue weighted by molar-refractivity contribution is 5.88. The molecule has 0 atom stereocenters. The van der Waals surface area contributed by atoms with E-state index < -0.39 is 0 Å². The van der Waals surface area contributed by atoms with Crippen molar-refractivity contribution in [2.24, 2.45) is 0 Å². The third-order valence-electron chi connectivity index (χ3n) is 5.68. The second-order valence-corrected chi connectivity index (χ2v) is 8.14. The topological polar surface area (TPSA) is 9.23 Å². The highest BCUT2D eigenvalue weighted by Gasteiger charge is 2.03. The van der Waals surface area contributed by atoms with Crippen molar-refractivity contribution in [2.75, 3.05) is 6.61 Å². The Hall–Kier alpha value is -2.28. The summed E-state index contributed by atoms with van der Waals surface area (Å²) in [5.74, 6) is 0.970. The van der Waals surface area contributed by atoms with Crippen molar-refractivity contribution in [3.8, 4) is 16.9 Å². The third kappa shape index (κ3) is 7.20. The molecule has 0 aliphatic heterocycles. The van der Waals surface area contributed by atoms with Crippen LogP contribution in [0.25, 0.3) is 21.9 Å². The number of hydrogen-bond donors (Lipinski definition) is 0. The number of fused-ring (bicyclic) bond motifs is 1. The number of rotatable bonds is 12. The van der Waals surface area contributed by atoms with Gasteiger partial charge in [0.25, 0.3) is 0 Å². The van der Waals surface area contributed by atoms with Gasteiger partial charge in [-0.2, -0.15) is 0 Å². The number of hydrogen-bond acceptors (Lipinski definition) is 1. The fraction of sp³-hybridized carbons (Fsp3) is 0.448. The van der Waals surface area contributed by atoms with Crippen molar-refractivity contribution >= 4 is 10.8 Å². The van der Waals surface area contributed by atoms with Crippen LogP contribution in [-0.4, -0.2) is 6.61 Å². The summed E-state index contributed by atoms with van der Waals surface area (Å²) < 4.78 is 5.84. The van der Waals surface area contributed by atoms with Gasteiger partial charge in [-0.3, -0.25) is 0 Å². The molecule has 3 aromatic carbocycles. The largest absolute Gasteiger partial charge is 0.494 e. The molecule has 0 unspecified atom stereocenters. The molecule has 0 N–H and O–H groups in total. The lowest BCUT2D eigenvalue weighted by atomic mass is 9.98. The van der Waals surface area contributed by atoms with E-state index in [-0.39, 0.29) is 7.43 Å². The summed E-state index contributed by atoms with van der Waals surface area (Å²) in [5.41, 5.74) is 4.03. The van der Waals surface area contributed by atoms with Crippen LogP contribution in [0, 0.1) is 0 Å². The molecule has 0 saturated carbocycles. The van der Waals surface area contributed by atoms with E-state index >= 15 is 0 Å². The van der Waals surface area contributed by atoms with Crippen LogP contribution in [0.1, 0.15) is 78.2 Å². The first kappa shape index (κ1) is 24.0. The predicted octanol–water partition coefficient (Wildman–Crippen LogP) is 9.22. The van der Waals surface area contributed by atoms with Gasteiger partial charge in [-0.1, -0.05) is 102 Å². The maximum Gasteiger partial charge on any atom is 0.119 e. The zero-order valence-corrected chi connectivity index (χ0v) is 18.3. The van der Waals surface area contributed by atoms with Gasteiger partial charge in [0, 0.05) is 0 Å². The van der Waals surface area contributed by atoms with E-state index in [0.29, 0.717) is 0 Å². The molecule has 1 heteroatoms. The zero-order chi connectivity index (χ0) is 20.3. The Balaban J connectivity index is 0.00000320. The molecular formula is C29H40O. The molecule has 0 bridgehead atoms. The van der Waals surface area contributed by atoms with Crippen molar-refractivity contribution in [1.82, 2.24) is 0 Å². The third-order valence-corrected chi connectivity index (χ3v) is 5.68. The van der Waals surface area contributed by atoms with Gasteiger partial charge in [-0.05, 0) is 64.9 Å². The first-order valence-electron chi connectivity index (χ1n) is 11.6.